The fraction of sp³-hybridized carbons (Fsp3) is 0.786. The van der Waals surface area contributed by atoms with E-state index in [0.717, 1.165) is 0 Å². The van der Waals surface area contributed by atoms with Gasteiger partial charge >= 0.3 is 0 Å². The summed E-state index contributed by atoms with van der Waals surface area (Å²) in [5.74, 6) is -0.682. The molecule has 2 rings (SSSR count). The van der Waals surface area contributed by atoms with Gasteiger partial charge in [0.2, 0.25) is 17.7 Å². The number of amides is 3. The summed E-state index contributed by atoms with van der Waals surface area (Å²) < 4.78 is 22.6. The molecule has 0 aromatic heterocycles. The lowest BCUT2D eigenvalue weighted by molar-refractivity contribution is -0.134. The molecule has 130 valence electrons. The largest absolute Gasteiger partial charge is 0.351 e. The number of nitrogens with one attached hydrogen (secondary N) is 2. The van der Waals surface area contributed by atoms with Crippen LogP contribution in [0.3, 0.4) is 0 Å². The second-order valence-corrected chi connectivity index (χ2v) is 8.39. The molecule has 0 aromatic carbocycles. The van der Waals surface area contributed by atoms with E-state index in [2.05, 4.69) is 10.6 Å². The maximum atomic E-state index is 12.0. The summed E-state index contributed by atoms with van der Waals surface area (Å²) in [4.78, 5) is 36.7. The Hall–Kier alpha value is -1.64. The van der Waals surface area contributed by atoms with E-state index in [9.17, 15) is 22.8 Å². The van der Waals surface area contributed by atoms with Crippen LogP contribution >= 0.6 is 0 Å². The van der Waals surface area contributed by atoms with Crippen molar-refractivity contribution >= 4 is 27.6 Å². The number of carbonyl (C=O) groups excluding carboxylic acids is 3. The Morgan fingerprint density at radius 3 is 2.30 bits per heavy atom. The lowest BCUT2D eigenvalue weighted by Gasteiger charge is -2.30. The second kappa shape index (κ2) is 7.29. The van der Waals surface area contributed by atoms with Gasteiger partial charge in [-0.2, -0.15) is 0 Å². The maximum absolute atomic E-state index is 12.0. The Balaban J connectivity index is 1.68. The predicted molar refractivity (Wildman–Crippen MR) is 83.2 cm³/mol. The molecule has 0 radical (unpaired) electrons. The smallest absolute Gasteiger partial charge is 0.239 e. The van der Waals surface area contributed by atoms with Gasteiger partial charge in [-0.25, -0.2) is 8.42 Å². The van der Waals surface area contributed by atoms with Crippen LogP contribution < -0.4 is 10.6 Å². The van der Waals surface area contributed by atoms with Gasteiger partial charge in [0, 0.05) is 32.0 Å². The zero-order valence-corrected chi connectivity index (χ0v) is 14.0. The highest BCUT2D eigenvalue weighted by molar-refractivity contribution is 7.91. The molecule has 2 aliphatic heterocycles. The zero-order valence-electron chi connectivity index (χ0n) is 13.2. The van der Waals surface area contributed by atoms with E-state index in [1.54, 1.807) is 4.90 Å². The minimum atomic E-state index is -3.04. The van der Waals surface area contributed by atoms with Gasteiger partial charge in [0.15, 0.2) is 9.84 Å². The van der Waals surface area contributed by atoms with Crippen molar-refractivity contribution in [1.29, 1.82) is 0 Å². The van der Waals surface area contributed by atoms with Crippen LogP contribution in [-0.4, -0.2) is 68.2 Å². The molecule has 1 atom stereocenters. The summed E-state index contributed by atoms with van der Waals surface area (Å²) in [5.41, 5.74) is 0. The molecule has 2 aliphatic rings. The molecule has 3 amide bonds. The molecular weight excluding hydrogens is 322 g/mol. The second-order valence-electron chi connectivity index (χ2n) is 6.17. The van der Waals surface area contributed by atoms with Crippen molar-refractivity contribution in [3.63, 3.8) is 0 Å². The molecule has 2 saturated heterocycles. The Kier molecular flexibility index (Phi) is 5.61. The Labute approximate surface area is 135 Å². The van der Waals surface area contributed by atoms with Gasteiger partial charge in [0.1, 0.15) is 0 Å². The molecule has 0 bridgehead atoms. The molecule has 0 aliphatic carbocycles. The van der Waals surface area contributed by atoms with Gasteiger partial charge in [-0.1, -0.05) is 0 Å². The molecule has 0 spiro atoms. The van der Waals surface area contributed by atoms with Crippen molar-refractivity contribution in [2.75, 3.05) is 31.1 Å². The summed E-state index contributed by atoms with van der Waals surface area (Å²) in [6, 6.07) is -0.358. The Morgan fingerprint density at radius 1 is 1.13 bits per heavy atom. The summed E-state index contributed by atoms with van der Waals surface area (Å²) in [6.45, 7) is 2.47. The maximum Gasteiger partial charge on any atom is 0.239 e. The molecule has 8 nitrogen and oxygen atoms in total. The van der Waals surface area contributed by atoms with Crippen LogP contribution in [0.4, 0.5) is 0 Å². The van der Waals surface area contributed by atoms with E-state index < -0.39 is 9.84 Å². The van der Waals surface area contributed by atoms with E-state index in [0.29, 0.717) is 32.4 Å². The zero-order chi connectivity index (χ0) is 17.0. The van der Waals surface area contributed by atoms with Crippen LogP contribution in [0, 0.1) is 5.92 Å². The Morgan fingerprint density at radius 2 is 1.78 bits per heavy atom. The van der Waals surface area contributed by atoms with Crippen LogP contribution in [0.15, 0.2) is 0 Å². The molecule has 2 N–H and O–H groups in total. The van der Waals surface area contributed by atoms with E-state index in [1.807, 2.05) is 0 Å². The number of carbonyl (C=O) groups is 3. The number of nitrogens with zero attached hydrogens (tertiary/aromatic N) is 1. The van der Waals surface area contributed by atoms with Crippen molar-refractivity contribution < 1.29 is 22.8 Å². The fourth-order valence-electron chi connectivity index (χ4n) is 2.96. The van der Waals surface area contributed by atoms with E-state index in [4.69, 9.17) is 0 Å². The van der Waals surface area contributed by atoms with Crippen LogP contribution in [0.1, 0.15) is 26.2 Å². The first-order valence-electron chi connectivity index (χ1n) is 7.80. The molecule has 0 aromatic rings. The van der Waals surface area contributed by atoms with Crippen molar-refractivity contribution in [3.05, 3.63) is 0 Å². The third-order valence-corrected chi connectivity index (χ3v) is 6.10. The van der Waals surface area contributed by atoms with Crippen LogP contribution in [0.2, 0.25) is 0 Å². The van der Waals surface area contributed by atoms with Crippen LogP contribution in [-0.2, 0) is 24.2 Å². The first-order valence-corrected chi connectivity index (χ1v) is 9.62. The minimum Gasteiger partial charge on any atom is -0.351 e. The quantitative estimate of drug-likeness (QED) is 0.655. The number of piperidine rings is 1. The molecule has 0 unspecified atom stereocenters. The Bertz CT molecular complexity index is 581. The van der Waals surface area contributed by atoms with Crippen molar-refractivity contribution in [2.45, 2.75) is 32.2 Å². The molecule has 2 fully saturated rings. The fourth-order valence-corrected chi connectivity index (χ4v) is 4.63. The van der Waals surface area contributed by atoms with Gasteiger partial charge < -0.3 is 15.5 Å². The number of hydrogen-bond donors (Lipinski definition) is 2. The standard InChI is InChI=1S/C14H23N3O5S/c1-10(18)17-5-2-11(3-6-17)14(20)15-8-13(19)16-12-4-7-23(21,22)9-12/h11-12H,2-9H2,1H3,(H,15,20)(H,16,19)/t12-/m1/s1. The first-order chi connectivity index (χ1) is 10.8. The monoisotopic (exact) mass is 345 g/mol. The summed E-state index contributed by atoms with van der Waals surface area (Å²) in [6.07, 6.45) is 1.60. The molecule has 0 saturated carbocycles. The summed E-state index contributed by atoms with van der Waals surface area (Å²) in [7, 11) is -3.04. The highest BCUT2D eigenvalue weighted by Crippen LogP contribution is 2.17. The topological polar surface area (TPSA) is 113 Å². The highest BCUT2D eigenvalue weighted by atomic mass is 32.2. The molecule has 2 heterocycles. The number of rotatable bonds is 4. The van der Waals surface area contributed by atoms with Gasteiger partial charge in [-0.15, -0.1) is 0 Å². The van der Waals surface area contributed by atoms with Gasteiger partial charge in [-0.05, 0) is 19.3 Å². The van der Waals surface area contributed by atoms with Crippen molar-refractivity contribution in [3.8, 4) is 0 Å². The van der Waals surface area contributed by atoms with Crippen LogP contribution in [0.25, 0.3) is 0 Å². The lowest BCUT2D eigenvalue weighted by Crippen LogP contribution is -2.46. The van der Waals surface area contributed by atoms with E-state index >= 15 is 0 Å². The van der Waals surface area contributed by atoms with Crippen molar-refractivity contribution in [2.24, 2.45) is 5.92 Å². The third-order valence-electron chi connectivity index (χ3n) is 4.33. The van der Waals surface area contributed by atoms with E-state index in [1.165, 1.54) is 6.92 Å². The van der Waals surface area contributed by atoms with Gasteiger partial charge in [-0.3, -0.25) is 14.4 Å². The molecule has 9 heteroatoms. The molecular formula is C14H23N3O5S. The van der Waals surface area contributed by atoms with Gasteiger partial charge in [0.05, 0.1) is 18.1 Å². The molecule has 23 heavy (non-hydrogen) atoms. The predicted octanol–water partition coefficient (Wildman–Crippen LogP) is -1.34. The lowest BCUT2D eigenvalue weighted by atomic mass is 9.96. The average Bonchev–Trinajstić information content (AvgIpc) is 2.83. The number of hydrogen-bond acceptors (Lipinski definition) is 5. The average molecular weight is 345 g/mol. The van der Waals surface area contributed by atoms with E-state index in [-0.39, 0.29) is 47.7 Å². The van der Waals surface area contributed by atoms with Crippen LogP contribution in [0.5, 0.6) is 0 Å². The first kappa shape index (κ1) is 17.7. The normalized spacial score (nSPS) is 24.2. The SMILES string of the molecule is CC(=O)N1CCC(C(=O)NCC(=O)N[C@@H]2CCS(=O)(=O)C2)CC1. The van der Waals surface area contributed by atoms with Crippen molar-refractivity contribution in [1.82, 2.24) is 15.5 Å². The highest BCUT2D eigenvalue weighted by Gasteiger charge is 2.29. The minimum absolute atomic E-state index is 0.00903. The summed E-state index contributed by atoms with van der Waals surface area (Å²) in [5, 5.41) is 5.22. The number of sulfone groups is 1. The number of likely N-dealkylation sites (tertiary alicyclic amines) is 1. The third kappa shape index (κ3) is 5.19. The van der Waals surface area contributed by atoms with Gasteiger partial charge in [0.25, 0.3) is 0 Å². The summed E-state index contributed by atoms with van der Waals surface area (Å²) >= 11 is 0.